The molecule has 98 valence electrons. The highest BCUT2D eigenvalue weighted by Crippen LogP contribution is 2.27. The van der Waals surface area contributed by atoms with Crippen molar-refractivity contribution in [3.8, 4) is 5.69 Å². The highest BCUT2D eigenvalue weighted by Gasteiger charge is 2.25. The zero-order chi connectivity index (χ0) is 13.4. The highest BCUT2D eigenvalue weighted by atomic mass is 127. The molecule has 0 radical (unpaired) electrons. The first kappa shape index (κ1) is 12.6. The summed E-state index contributed by atoms with van der Waals surface area (Å²) in [6.45, 7) is 0. The summed E-state index contributed by atoms with van der Waals surface area (Å²) in [5.74, 6) is -0.944. The van der Waals surface area contributed by atoms with Crippen molar-refractivity contribution < 1.29 is 9.90 Å². The average Bonchev–Trinajstić information content (AvgIpc) is 2.78. The normalized spacial score (nSPS) is 14.2. The van der Waals surface area contributed by atoms with E-state index in [9.17, 15) is 9.90 Å². The van der Waals surface area contributed by atoms with Gasteiger partial charge in [0.05, 0.1) is 5.69 Å². The Morgan fingerprint density at radius 1 is 1.37 bits per heavy atom. The van der Waals surface area contributed by atoms with E-state index in [0.717, 1.165) is 46.3 Å². The van der Waals surface area contributed by atoms with E-state index >= 15 is 0 Å². The van der Waals surface area contributed by atoms with Gasteiger partial charge in [0.25, 0.3) is 0 Å². The van der Waals surface area contributed by atoms with Gasteiger partial charge >= 0.3 is 5.97 Å². The molecular formula is C13H12IN3O2. The smallest absolute Gasteiger partial charge is 0.356 e. The van der Waals surface area contributed by atoms with Crippen molar-refractivity contribution in [3.63, 3.8) is 0 Å². The molecule has 3 rings (SSSR count). The molecule has 0 saturated carbocycles. The van der Waals surface area contributed by atoms with E-state index < -0.39 is 5.97 Å². The summed E-state index contributed by atoms with van der Waals surface area (Å²) in [7, 11) is 0. The van der Waals surface area contributed by atoms with Gasteiger partial charge in [0.1, 0.15) is 3.70 Å². The number of rotatable bonds is 2. The number of carboxylic acids is 1. The van der Waals surface area contributed by atoms with Crippen LogP contribution in [0.2, 0.25) is 0 Å². The molecule has 2 aromatic rings. The summed E-state index contributed by atoms with van der Waals surface area (Å²) >= 11 is 2.14. The average molecular weight is 369 g/mol. The summed E-state index contributed by atoms with van der Waals surface area (Å²) in [5, 5.41) is 13.6. The number of hydrogen-bond acceptors (Lipinski definition) is 3. The zero-order valence-electron chi connectivity index (χ0n) is 10.1. The second kappa shape index (κ2) is 4.92. The van der Waals surface area contributed by atoms with Gasteiger partial charge in [0.15, 0.2) is 5.69 Å². The zero-order valence-corrected chi connectivity index (χ0v) is 12.3. The molecule has 6 heteroatoms. The monoisotopic (exact) mass is 369 g/mol. The van der Waals surface area contributed by atoms with Crippen LogP contribution in [0.3, 0.4) is 0 Å². The van der Waals surface area contributed by atoms with Gasteiger partial charge in [-0.1, -0.05) is 0 Å². The summed E-state index contributed by atoms with van der Waals surface area (Å²) < 4.78 is 2.63. The van der Waals surface area contributed by atoms with Gasteiger partial charge < -0.3 is 5.11 Å². The minimum atomic E-state index is -0.944. The molecule has 0 atom stereocenters. The molecule has 0 aromatic carbocycles. The minimum Gasteiger partial charge on any atom is -0.476 e. The number of carboxylic acid groups (broad SMARTS) is 1. The quantitative estimate of drug-likeness (QED) is 0.652. The van der Waals surface area contributed by atoms with Crippen molar-refractivity contribution in [2.24, 2.45) is 0 Å². The Hall–Kier alpha value is -1.44. The van der Waals surface area contributed by atoms with Gasteiger partial charge in [-0.3, -0.25) is 4.98 Å². The van der Waals surface area contributed by atoms with Crippen LogP contribution in [0.25, 0.3) is 5.69 Å². The first-order valence-electron chi connectivity index (χ1n) is 6.13. The topological polar surface area (TPSA) is 68.0 Å². The van der Waals surface area contributed by atoms with Crippen molar-refractivity contribution >= 4 is 28.6 Å². The fraction of sp³-hybridized carbons (Fsp3) is 0.308. The molecule has 0 bridgehead atoms. The first-order valence-corrected chi connectivity index (χ1v) is 7.20. The Bertz CT molecular complexity index is 651. The van der Waals surface area contributed by atoms with Crippen molar-refractivity contribution in [1.82, 2.24) is 14.8 Å². The summed E-state index contributed by atoms with van der Waals surface area (Å²) in [4.78, 5) is 15.4. The molecule has 1 aliphatic rings. The Balaban J connectivity index is 2.19. The van der Waals surface area contributed by atoms with Crippen LogP contribution in [0.4, 0.5) is 0 Å². The van der Waals surface area contributed by atoms with Gasteiger partial charge in [-0.25, -0.2) is 9.48 Å². The second-order valence-corrected chi connectivity index (χ2v) is 5.64. The van der Waals surface area contributed by atoms with E-state index in [1.807, 2.05) is 12.1 Å². The van der Waals surface area contributed by atoms with Crippen molar-refractivity contribution in [3.05, 3.63) is 39.0 Å². The molecule has 0 aliphatic heterocycles. The molecule has 19 heavy (non-hydrogen) atoms. The molecule has 0 amide bonds. The number of nitrogens with zero attached hydrogens (tertiary/aromatic N) is 3. The Morgan fingerprint density at radius 2 is 2.16 bits per heavy atom. The maximum atomic E-state index is 11.3. The SMILES string of the molecule is O=C(O)c1nn(-c2ccnc(I)c2)c2c1CCCC2. The Kier molecular flexibility index (Phi) is 3.26. The lowest BCUT2D eigenvalue weighted by Gasteiger charge is -2.13. The lowest BCUT2D eigenvalue weighted by Crippen LogP contribution is -2.08. The number of aromatic nitrogens is 3. The van der Waals surface area contributed by atoms with E-state index in [-0.39, 0.29) is 5.69 Å². The number of carbonyl (C=O) groups is 1. The molecule has 0 saturated heterocycles. The predicted octanol–water partition coefficient (Wildman–Crippen LogP) is 2.45. The molecule has 2 heterocycles. The number of hydrogen-bond donors (Lipinski definition) is 1. The molecule has 5 nitrogen and oxygen atoms in total. The molecule has 1 N–H and O–H groups in total. The van der Waals surface area contributed by atoms with Gasteiger partial charge in [-0.2, -0.15) is 5.10 Å². The second-order valence-electron chi connectivity index (χ2n) is 4.53. The number of halogens is 1. The Morgan fingerprint density at radius 3 is 2.89 bits per heavy atom. The van der Waals surface area contributed by atoms with Gasteiger partial charge in [-0.05, 0) is 60.4 Å². The van der Waals surface area contributed by atoms with Crippen LogP contribution in [0.1, 0.15) is 34.6 Å². The molecular weight excluding hydrogens is 357 g/mol. The van der Waals surface area contributed by atoms with Crippen LogP contribution in [0.15, 0.2) is 18.3 Å². The maximum Gasteiger partial charge on any atom is 0.356 e. The lowest BCUT2D eigenvalue weighted by atomic mass is 9.95. The van der Waals surface area contributed by atoms with Crippen LogP contribution in [0, 0.1) is 3.70 Å². The fourth-order valence-electron chi connectivity index (χ4n) is 2.51. The summed E-state index contributed by atoms with van der Waals surface area (Å²) in [5.41, 5.74) is 3.00. The first-order chi connectivity index (χ1) is 9.16. The van der Waals surface area contributed by atoms with E-state index in [1.54, 1.807) is 10.9 Å². The molecule has 0 fully saturated rings. The van der Waals surface area contributed by atoms with E-state index in [0.29, 0.717) is 0 Å². The Labute approximate surface area is 123 Å². The van der Waals surface area contributed by atoms with Crippen LogP contribution >= 0.6 is 22.6 Å². The van der Waals surface area contributed by atoms with E-state index in [2.05, 4.69) is 32.7 Å². The summed E-state index contributed by atoms with van der Waals surface area (Å²) in [6.07, 6.45) is 5.52. The van der Waals surface area contributed by atoms with Gasteiger partial charge in [0.2, 0.25) is 0 Å². The van der Waals surface area contributed by atoms with Crippen molar-refractivity contribution in [2.75, 3.05) is 0 Å². The number of fused-ring (bicyclic) bond motifs is 1. The molecule has 0 spiro atoms. The van der Waals surface area contributed by atoms with Gasteiger partial charge in [-0.15, -0.1) is 0 Å². The number of aromatic carboxylic acids is 1. The standard InChI is InChI=1S/C13H12IN3O2/c14-11-7-8(5-6-15-11)17-10-4-2-1-3-9(10)12(16-17)13(18)19/h5-7H,1-4H2,(H,18,19). The third-order valence-electron chi connectivity index (χ3n) is 3.34. The highest BCUT2D eigenvalue weighted by molar-refractivity contribution is 14.1. The molecule has 0 unspecified atom stereocenters. The van der Waals surface area contributed by atoms with Crippen LogP contribution in [0.5, 0.6) is 0 Å². The third kappa shape index (κ3) is 2.24. The predicted molar refractivity (Wildman–Crippen MR) is 77.7 cm³/mol. The summed E-state index contributed by atoms with van der Waals surface area (Å²) in [6, 6.07) is 3.77. The third-order valence-corrected chi connectivity index (χ3v) is 3.93. The van der Waals surface area contributed by atoms with Crippen molar-refractivity contribution in [1.29, 1.82) is 0 Å². The van der Waals surface area contributed by atoms with Crippen LogP contribution < -0.4 is 0 Å². The van der Waals surface area contributed by atoms with Gasteiger partial charge in [0, 0.05) is 17.5 Å². The molecule has 2 aromatic heterocycles. The molecule has 1 aliphatic carbocycles. The number of pyridine rings is 1. The minimum absolute atomic E-state index is 0.196. The van der Waals surface area contributed by atoms with Crippen molar-refractivity contribution in [2.45, 2.75) is 25.7 Å². The maximum absolute atomic E-state index is 11.3. The van der Waals surface area contributed by atoms with E-state index in [4.69, 9.17) is 0 Å². The van der Waals surface area contributed by atoms with Crippen LogP contribution in [-0.2, 0) is 12.8 Å². The fourth-order valence-corrected chi connectivity index (χ4v) is 2.99. The van der Waals surface area contributed by atoms with Crippen LogP contribution in [-0.4, -0.2) is 25.8 Å². The largest absolute Gasteiger partial charge is 0.476 e. The lowest BCUT2D eigenvalue weighted by molar-refractivity contribution is 0.0688. The van der Waals surface area contributed by atoms with E-state index in [1.165, 1.54) is 0 Å².